The Morgan fingerprint density at radius 1 is 1.19 bits per heavy atom. The van der Waals surface area contributed by atoms with Gasteiger partial charge in [-0.15, -0.1) is 0 Å². The number of ether oxygens (including phenoxy) is 2. The molecule has 16 heavy (non-hydrogen) atoms. The summed E-state index contributed by atoms with van der Waals surface area (Å²) in [5, 5.41) is 1.10. The minimum absolute atomic E-state index is 0.740. The van der Waals surface area contributed by atoms with E-state index in [-0.39, 0.29) is 0 Å². The molecular weight excluding hydrogens is 224 g/mol. The van der Waals surface area contributed by atoms with E-state index in [0.717, 1.165) is 27.7 Å². The second kappa shape index (κ2) is 4.25. The molecule has 1 aromatic heterocycles. The number of nitrogens with zero attached hydrogens (tertiary/aromatic N) is 1. The van der Waals surface area contributed by atoms with Gasteiger partial charge >= 0.3 is 5.16 Å². The summed E-state index contributed by atoms with van der Waals surface area (Å²) in [6.07, 6.45) is 2.04. The number of methoxy groups -OCH3 is 2. The predicted octanol–water partition coefficient (Wildman–Crippen LogP) is 1.73. The average molecular weight is 239 g/mol. The first-order valence-corrected chi connectivity index (χ1v) is 6.11. The first kappa shape index (κ1) is 11.1. The largest absolute Gasteiger partial charge is 0.493 e. The summed E-state index contributed by atoms with van der Waals surface area (Å²) in [6, 6.07) is 3.93. The van der Waals surface area contributed by atoms with Crippen molar-refractivity contribution in [3.63, 3.8) is 0 Å². The van der Waals surface area contributed by atoms with Crippen LogP contribution in [0.3, 0.4) is 0 Å². The zero-order valence-corrected chi connectivity index (χ0v) is 10.6. The fourth-order valence-electron chi connectivity index (χ4n) is 1.74. The summed E-state index contributed by atoms with van der Waals surface area (Å²) in [5.74, 6) is 1.49. The molecular formula is C11H15N2O2S+. The lowest BCUT2D eigenvalue weighted by molar-refractivity contribution is -0.683. The normalized spacial score (nSPS) is 10.8. The van der Waals surface area contributed by atoms with Gasteiger partial charge in [0.15, 0.2) is 22.5 Å². The molecule has 0 aliphatic carbocycles. The summed E-state index contributed by atoms with van der Waals surface area (Å²) in [6.45, 7) is 0. The quantitative estimate of drug-likeness (QED) is 0.655. The van der Waals surface area contributed by atoms with E-state index in [1.54, 1.807) is 26.0 Å². The van der Waals surface area contributed by atoms with Crippen LogP contribution in [0.1, 0.15) is 0 Å². The lowest BCUT2D eigenvalue weighted by Crippen LogP contribution is -2.28. The van der Waals surface area contributed by atoms with Gasteiger partial charge < -0.3 is 9.47 Å². The molecule has 5 heteroatoms. The van der Waals surface area contributed by atoms with E-state index in [1.807, 2.05) is 25.4 Å². The molecule has 0 aliphatic heterocycles. The molecule has 2 aromatic rings. The second-order valence-corrected chi connectivity index (χ2v) is 4.21. The van der Waals surface area contributed by atoms with Crippen molar-refractivity contribution < 1.29 is 14.0 Å². The first-order chi connectivity index (χ1) is 7.71. The molecule has 2 rings (SSSR count). The maximum atomic E-state index is 5.28. The van der Waals surface area contributed by atoms with Crippen LogP contribution in [0.2, 0.25) is 0 Å². The van der Waals surface area contributed by atoms with Gasteiger partial charge in [0.05, 0.1) is 21.3 Å². The van der Waals surface area contributed by atoms with Crippen molar-refractivity contribution in [1.82, 2.24) is 4.98 Å². The van der Waals surface area contributed by atoms with Crippen molar-refractivity contribution in [3.8, 4) is 11.5 Å². The van der Waals surface area contributed by atoms with Crippen LogP contribution in [0, 0.1) is 0 Å². The molecule has 1 heterocycles. The minimum atomic E-state index is 0.740. The standard InChI is InChI=1S/C11H14N2O2S/c1-13-8-6-10(15-3)9(14-2)5-7(8)12-11(13)16-4/h5-6H,1-4H3/p+1. The number of aromatic nitrogens is 2. The van der Waals surface area contributed by atoms with E-state index in [1.165, 1.54) is 0 Å². The van der Waals surface area contributed by atoms with Crippen LogP contribution in [0.15, 0.2) is 17.3 Å². The van der Waals surface area contributed by atoms with Crippen molar-refractivity contribution in [2.45, 2.75) is 5.16 Å². The Hall–Kier alpha value is -1.36. The van der Waals surface area contributed by atoms with Crippen LogP contribution >= 0.6 is 11.8 Å². The fraction of sp³-hybridized carbons (Fsp3) is 0.364. The molecule has 0 fully saturated rings. The van der Waals surface area contributed by atoms with Crippen molar-refractivity contribution in [1.29, 1.82) is 0 Å². The van der Waals surface area contributed by atoms with Crippen molar-refractivity contribution >= 4 is 22.8 Å². The SMILES string of the molecule is COc1cc2[nH]c(SC)[n+](C)c2cc1OC. The van der Waals surface area contributed by atoms with E-state index < -0.39 is 0 Å². The van der Waals surface area contributed by atoms with Gasteiger partial charge in [-0.1, -0.05) is 0 Å². The number of hydrogen-bond donors (Lipinski definition) is 1. The van der Waals surface area contributed by atoms with E-state index in [0.29, 0.717) is 0 Å². The Labute approximate surface area is 98.6 Å². The van der Waals surface area contributed by atoms with E-state index in [9.17, 15) is 0 Å². The molecule has 0 bridgehead atoms. The summed E-state index contributed by atoms with van der Waals surface area (Å²) in [4.78, 5) is 3.33. The summed E-state index contributed by atoms with van der Waals surface area (Å²) in [7, 11) is 5.31. The van der Waals surface area contributed by atoms with Gasteiger partial charge in [0.25, 0.3) is 0 Å². The van der Waals surface area contributed by atoms with Crippen LogP contribution < -0.4 is 14.0 Å². The maximum absolute atomic E-state index is 5.28. The number of nitrogens with one attached hydrogen (secondary N) is 1. The molecule has 1 aromatic carbocycles. The third-order valence-corrected chi connectivity index (χ3v) is 3.37. The highest BCUT2D eigenvalue weighted by Crippen LogP contribution is 2.31. The highest BCUT2D eigenvalue weighted by Gasteiger charge is 2.17. The lowest BCUT2D eigenvalue weighted by atomic mass is 10.2. The molecule has 86 valence electrons. The number of H-pyrrole nitrogens is 1. The van der Waals surface area contributed by atoms with Gasteiger partial charge in [0.1, 0.15) is 0 Å². The smallest absolute Gasteiger partial charge is 0.316 e. The second-order valence-electron chi connectivity index (χ2n) is 3.42. The summed E-state index contributed by atoms with van der Waals surface area (Å²) in [5.41, 5.74) is 2.14. The highest BCUT2D eigenvalue weighted by atomic mass is 32.2. The van der Waals surface area contributed by atoms with Gasteiger partial charge in [0.2, 0.25) is 0 Å². The van der Waals surface area contributed by atoms with Crippen molar-refractivity contribution in [2.24, 2.45) is 7.05 Å². The third-order valence-electron chi connectivity index (χ3n) is 2.60. The summed E-state index contributed by atoms with van der Waals surface area (Å²) < 4.78 is 12.6. The average Bonchev–Trinajstić information content (AvgIpc) is 2.63. The van der Waals surface area contributed by atoms with Crippen molar-refractivity contribution in [2.75, 3.05) is 20.5 Å². The number of rotatable bonds is 3. The van der Waals surface area contributed by atoms with Crippen LogP contribution in [0.5, 0.6) is 11.5 Å². The maximum Gasteiger partial charge on any atom is 0.316 e. The molecule has 0 spiro atoms. The Morgan fingerprint density at radius 2 is 1.81 bits per heavy atom. The lowest BCUT2D eigenvalue weighted by Gasteiger charge is -2.05. The van der Waals surface area contributed by atoms with Crippen LogP contribution in [-0.4, -0.2) is 25.5 Å². The predicted molar refractivity (Wildman–Crippen MR) is 64.4 cm³/mol. The van der Waals surface area contributed by atoms with Crippen molar-refractivity contribution in [3.05, 3.63) is 12.1 Å². The van der Waals surface area contributed by atoms with Crippen LogP contribution in [-0.2, 0) is 7.05 Å². The van der Waals surface area contributed by atoms with Crippen LogP contribution in [0.4, 0.5) is 0 Å². The van der Waals surface area contributed by atoms with E-state index in [4.69, 9.17) is 9.47 Å². The van der Waals surface area contributed by atoms with Gasteiger partial charge in [-0.2, -0.15) is 0 Å². The Balaban J connectivity index is 2.71. The van der Waals surface area contributed by atoms with Crippen LogP contribution in [0.25, 0.3) is 11.0 Å². The number of thioether (sulfide) groups is 1. The summed E-state index contributed by atoms with van der Waals surface area (Å²) >= 11 is 1.67. The van der Waals surface area contributed by atoms with Gasteiger partial charge in [0, 0.05) is 12.1 Å². The molecule has 0 aliphatic rings. The van der Waals surface area contributed by atoms with Gasteiger partial charge in [-0.25, -0.2) is 9.55 Å². The van der Waals surface area contributed by atoms with Gasteiger partial charge in [-0.05, 0) is 18.0 Å². The van der Waals surface area contributed by atoms with Gasteiger partial charge in [-0.3, -0.25) is 0 Å². The Bertz CT molecular complexity index is 522. The highest BCUT2D eigenvalue weighted by molar-refractivity contribution is 7.98. The molecule has 1 N–H and O–H groups in total. The Kier molecular flexibility index (Phi) is 2.96. The number of aromatic amines is 1. The minimum Gasteiger partial charge on any atom is -0.493 e. The molecule has 0 atom stereocenters. The number of aryl methyl sites for hydroxylation is 1. The molecule has 4 nitrogen and oxygen atoms in total. The molecule has 0 radical (unpaired) electrons. The molecule has 0 amide bonds. The monoisotopic (exact) mass is 239 g/mol. The molecule has 0 saturated heterocycles. The Morgan fingerprint density at radius 3 is 2.38 bits per heavy atom. The zero-order chi connectivity index (χ0) is 11.7. The zero-order valence-electron chi connectivity index (χ0n) is 9.83. The molecule has 0 saturated carbocycles. The topological polar surface area (TPSA) is 38.1 Å². The number of benzene rings is 1. The number of fused-ring (bicyclic) bond motifs is 1. The third kappa shape index (κ3) is 1.61. The number of hydrogen-bond acceptors (Lipinski definition) is 3. The van der Waals surface area contributed by atoms with E-state index >= 15 is 0 Å². The fourth-order valence-corrected chi connectivity index (χ4v) is 2.33. The number of imidazole rings is 1. The molecule has 0 unspecified atom stereocenters. The first-order valence-electron chi connectivity index (χ1n) is 4.89. The van der Waals surface area contributed by atoms with E-state index in [2.05, 4.69) is 9.55 Å².